The summed E-state index contributed by atoms with van der Waals surface area (Å²) in [6, 6.07) is 15.2. The minimum Gasteiger partial charge on any atom is -0.398 e. The van der Waals surface area contributed by atoms with Gasteiger partial charge in [0.1, 0.15) is 0 Å². The van der Waals surface area contributed by atoms with Crippen molar-refractivity contribution in [1.82, 2.24) is 0 Å². The Morgan fingerprint density at radius 1 is 1.00 bits per heavy atom. The van der Waals surface area contributed by atoms with E-state index in [0.717, 1.165) is 18.4 Å². The van der Waals surface area contributed by atoms with E-state index >= 15 is 0 Å². The number of rotatable bonds is 6. The monoisotopic (exact) mass is 303 g/mol. The molecule has 21 heavy (non-hydrogen) atoms. The molecular formula is C17H21NO2S. The summed E-state index contributed by atoms with van der Waals surface area (Å²) in [7, 11) is -3.29. The van der Waals surface area contributed by atoms with Crippen molar-refractivity contribution in [2.24, 2.45) is 0 Å². The number of nitrogens with two attached hydrogens (primary N) is 1. The number of sulfone groups is 1. The lowest BCUT2D eigenvalue weighted by Gasteiger charge is -2.08. The molecule has 0 saturated carbocycles. The molecule has 0 aromatic heterocycles. The van der Waals surface area contributed by atoms with E-state index < -0.39 is 9.84 Å². The van der Waals surface area contributed by atoms with Gasteiger partial charge in [-0.05, 0) is 49.4 Å². The first-order valence-corrected chi connectivity index (χ1v) is 8.77. The zero-order valence-corrected chi connectivity index (χ0v) is 13.1. The van der Waals surface area contributed by atoms with Gasteiger partial charge in [-0.15, -0.1) is 0 Å². The lowest BCUT2D eigenvalue weighted by Crippen LogP contribution is -2.10. The van der Waals surface area contributed by atoms with Gasteiger partial charge in [0.05, 0.1) is 16.3 Å². The fourth-order valence-corrected chi connectivity index (χ4v) is 3.88. The van der Waals surface area contributed by atoms with Crippen molar-refractivity contribution in [3.8, 4) is 0 Å². The zero-order valence-electron chi connectivity index (χ0n) is 12.2. The fraction of sp³-hybridized carbons (Fsp3) is 0.294. The topological polar surface area (TPSA) is 60.2 Å². The van der Waals surface area contributed by atoms with Gasteiger partial charge < -0.3 is 5.73 Å². The molecule has 2 aromatic carbocycles. The van der Waals surface area contributed by atoms with Crippen LogP contribution in [0.25, 0.3) is 0 Å². The van der Waals surface area contributed by atoms with Crippen LogP contribution in [0.2, 0.25) is 0 Å². The van der Waals surface area contributed by atoms with Gasteiger partial charge in [0.2, 0.25) is 0 Å². The smallest absolute Gasteiger partial charge is 0.180 e. The quantitative estimate of drug-likeness (QED) is 0.657. The number of benzene rings is 2. The summed E-state index contributed by atoms with van der Waals surface area (Å²) < 4.78 is 24.7. The lowest BCUT2D eigenvalue weighted by atomic mass is 10.1. The molecule has 2 aromatic rings. The van der Waals surface area contributed by atoms with Gasteiger partial charge >= 0.3 is 0 Å². The van der Waals surface area contributed by atoms with Gasteiger partial charge in [-0.2, -0.15) is 0 Å². The summed E-state index contributed by atoms with van der Waals surface area (Å²) in [6.07, 6.45) is 2.40. The van der Waals surface area contributed by atoms with E-state index in [0.29, 0.717) is 12.1 Å². The number of aryl methyl sites for hydroxylation is 2. The highest BCUT2D eigenvalue weighted by Crippen LogP contribution is 2.22. The molecule has 4 heteroatoms. The highest BCUT2D eigenvalue weighted by molar-refractivity contribution is 7.91. The maximum Gasteiger partial charge on any atom is 0.180 e. The molecule has 0 heterocycles. The Morgan fingerprint density at radius 3 is 2.43 bits per heavy atom. The van der Waals surface area contributed by atoms with Crippen molar-refractivity contribution in [3.05, 3.63) is 59.7 Å². The molecule has 0 aliphatic rings. The Hall–Kier alpha value is -1.81. The van der Waals surface area contributed by atoms with Crippen LogP contribution in [-0.2, 0) is 16.3 Å². The molecule has 0 saturated heterocycles. The van der Waals surface area contributed by atoms with Gasteiger partial charge in [-0.25, -0.2) is 8.42 Å². The number of anilines is 1. The van der Waals surface area contributed by atoms with E-state index in [2.05, 4.69) is 12.1 Å². The highest BCUT2D eigenvalue weighted by atomic mass is 32.2. The molecule has 112 valence electrons. The first-order valence-electron chi connectivity index (χ1n) is 7.12. The van der Waals surface area contributed by atoms with Gasteiger partial charge in [-0.3, -0.25) is 0 Å². The van der Waals surface area contributed by atoms with E-state index in [1.165, 1.54) is 5.56 Å². The minimum absolute atomic E-state index is 0.146. The van der Waals surface area contributed by atoms with Crippen LogP contribution in [0, 0.1) is 6.92 Å². The van der Waals surface area contributed by atoms with Gasteiger partial charge in [0, 0.05) is 0 Å². The van der Waals surface area contributed by atoms with Crippen molar-refractivity contribution >= 4 is 15.5 Å². The Morgan fingerprint density at radius 2 is 1.71 bits per heavy atom. The average Bonchev–Trinajstić information content (AvgIpc) is 2.47. The second kappa shape index (κ2) is 6.76. The van der Waals surface area contributed by atoms with Crippen LogP contribution in [0.5, 0.6) is 0 Å². The SMILES string of the molecule is Cc1ccc(N)c(S(=O)(=O)CCCCc2ccccc2)c1. The summed E-state index contributed by atoms with van der Waals surface area (Å²) in [4.78, 5) is 0.266. The molecule has 0 atom stereocenters. The Bertz CT molecular complexity index is 694. The average molecular weight is 303 g/mol. The maximum absolute atomic E-state index is 12.3. The summed E-state index contributed by atoms with van der Waals surface area (Å²) in [5, 5.41) is 0. The van der Waals surface area contributed by atoms with Gasteiger partial charge in [-0.1, -0.05) is 36.4 Å². The first kappa shape index (κ1) is 15.6. The molecule has 0 unspecified atom stereocenters. The third kappa shape index (κ3) is 4.33. The number of unbranched alkanes of at least 4 members (excludes halogenated alkanes) is 1. The second-order valence-electron chi connectivity index (χ2n) is 5.30. The standard InChI is InChI=1S/C17H21NO2S/c1-14-10-11-16(18)17(13-14)21(19,20)12-6-5-9-15-7-3-2-4-8-15/h2-4,7-8,10-11,13H,5-6,9,12,18H2,1H3. The summed E-state index contributed by atoms with van der Waals surface area (Å²) in [5.74, 6) is 0.146. The van der Waals surface area contributed by atoms with Gasteiger partial charge in [0.25, 0.3) is 0 Å². The number of hydrogen-bond acceptors (Lipinski definition) is 3. The van der Waals surface area contributed by atoms with Crippen LogP contribution in [0.4, 0.5) is 5.69 Å². The Kier molecular flexibility index (Phi) is 5.02. The van der Waals surface area contributed by atoms with Crippen LogP contribution in [0.15, 0.2) is 53.4 Å². The highest BCUT2D eigenvalue weighted by Gasteiger charge is 2.17. The Labute approximate surface area is 126 Å². The Balaban J connectivity index is 1.94. The fourth-order valence-electron chi connectivity index (χ4n) is 2.29. The third-order valence-electron chi connectivity index (χ3n) is 3.48. The van der Waals surface area contributed by atoms with Crippen LogP contribution in [0.3, 0.4) is 0 Å². The summed E-state index contributed by atoms with van der Waals surface area (Å²) >= 11 is 0. The number of nitrogen functional groups attached to an aromatic ring is 1. The molecule has 0 spiro atoms. The number of hydrogen-bond donors (Lipinski definition) is 1. The van der Waals surface area contributed by atoms with E-state index in [9.17, 15) is 8.42 Å². The van der Waals surface area contributed by atoms with Crippen molar-refractivity contribution < 1.29 is 8.42 Å². The summed E-state index contributed by atoms with van der Waals surface area (Å²) in [6.45, 7) is 1.87. The summed E-state index contributed by atoms with van der Waals surface area (Å²) in [5.41, 5.74) is 8.28. The maximum atomic E-state index is 12.3. The van der Waals surface area contributed by atoms with Crippen LogP contribution >= 0.6 is 0 Å². The van der Waals surface area contributed by atoms with Crippen LogP contribution in [0.1, 0.15) is 24.0 Å². The molecule has 0 fully saturated rings. The molecule has 0 radical (unpaired) electrons. The molecule has 0 amide bonds. The van der Waals surface area contributed by atoms with Crippen molar-refractivity contribution in [2.75, 3.05) is 11.5 Å². The molecule has 0 bridgehead atoms. The minimum atomic E-state index is -3.29. The molecule has 2 N–H and O–H groups in total. The van der Waals surface area contributed by atoms with E-state index in [-0.39, 0.29) is 10.6 Å². The predicted molar refractivity (Wildman–Crippen MR) is 87.0 cm³/mol. The molecular weight excluding hydrogens is 282 g/mol. The van der Waals surface area contributed by atoms with E-state index in [4.69, 9.17) is 5.73 Å². The van der Waals surface area contributed by atoms with Gasteiger partial charge in [0.15, 0.2) is 9.84 Å². The molecule has 0 aliphatic carbocycles. The second-order valence-corrected chi connectivity index (χ2v) is 7.38. The third-order valence-corrected chi connectivity index (χ3v) is 5.33. The zero-order chi connectivity index (χ0) is 15.3. The van der Waals surface area contributed by atoms with E-state index in [1.807, 2.05) is 31.2 Å². The van der Waals surface area contributed by atoms with Crippen molar-refractivity contribution in [2.45, 2.75) is 31.1 Å². The lowest BCUT2D eigenvalue weighted by molar-refractivity contribution is 0.591. The predicted octanol–water partition coefficient (Wildman–Crippen LogP) is 3.37. The van der Waals surface area contributed by atoms with E-state index in [1.54, 1.807) is 12.1 Å². The van der Waals surface area contributed by atoms with Crippen LogP contribution in [-0.4, -0.2) is 14.2 Å². The van der Waals surface area contributed by atoms with Crippen LogP contribution < -0.4 is 5.73 Å². The first-order chi connectivity index (χ1) is 9.99. The normalized spacial score (nSPS) is 11.5. The largest absolute Gasteiger partial charge is 0.398 e. The molecule has 0 aliphatic heterocycles. The molecule has 3 nitrogen and oxygen atoms in total. The molecule has 2 rings (SSSR count). The van der Waals surface area contributed by atoms with Crippen molar-refractivity contribution in [1.29, 1.82) is 0 Å². The van der Waals surface area contributed by atoms with Crippen molar-refractivity contribution in [3.63, 3.8) is 0 Å².